The first-order valence-corrected chi connectivity index (χ1v) is 8.26. The normalized spacial score (nSPS) is 12.6. The van der Waals surface area contributed by atoms with Crippen molar-refractivity contribution < 1.29 is 29.5 Å². The van der Waals surface area contributed by atoms with Crippen LogP contribution in [0.4, 0.5) is 0 Å². The number of carbonyl (C=O) groups is 1. The number of phenolic OH excluding ortho intramolecular Hbond substituents is 2. The van der Waals surface area contributed by atoms with Crippen LogP contribution in [0.2, 0.25) is 0 Å². The zero-order chi connectivity index (χ0) is 19.0. The third-order valence-corrected chi connectivity index (χ3v) is 4.49. The van der Waals surface area contributed by atoms with E-state index in [4.69, 9.17) is 9.62 Å². The van der Waals surface area contributed by atoms with Crippen LogP contribution in [0.3, 0.4) is 0 Å². The Morgan fingerprint density at radius 1 is 0.889 bits per heavy atom. The Morgan fingerprint density at radius 3 is 2.07 bits per heavy atom. The third kappa shape index (κ3) is 2.96. The highest BCUT2D eigenvalue weighted by atomic mass is 17.2. The van der Waals surface area contributed by atoms with E-state index in [-0.39, 0.29) is 17.4 Å². The third-order valence-electron chi connectivity index (χ3n) is 4.49. The molecule has 4 rings (SSSR count). The number of ether oxygens (including phenoxy) is 1. The Kier molecular flexibility index (Phi) is 4.18. The summed E-state index contributed by atoms with van der Waals surface area (Å²) < 4.78 is 5.88. The molecule has 1 heterocycles. The van der Waals surface area contributed by atoms with Crippen molar-refractivity contribution >= 4 is 5.97 Å². The van der Waals surface area contributed by atoms with E-state index in [0.29, 0.717) is 22.6 Å². The van der Waals surface area contributed by atoms with Crippen LogP contribution in [0, 0.1) is 0 Å². The molecule has 1 aliphatic heterocycles. The molecular weight excluding hydrogens is 348 g/mol. The number of hydrogen-bond donors (Lipinski definition) is 2. The fraction of sp³-hybridized carbons (Fsp3) is 0.0952. The molecular formula is C21H16O6. The molecule has 3 aromatic carbocycles. The molecule has 1 aliphatic rings. The van der Waals surface area contributed by atoms with Gasteiger partial charge in [-0.15, -0.1) is 0 Å². The lowest BCUT2D eigenvalue weighted by Crippen LogP contribution is -2.16. The Balaban J connectivity index is 1.95. The molecule has 0 saturated heterocycles. The maximum atomic E-state index is 12.4. The van der Waals surface area contributed by atoms with Crippen molar-refractivity contribution in [3.8, 4) is 23.0 Å². The first-order chi connectivity index (χ1) is 13.1. The van der Waals surface area contributed by atoms with Crippen LogP contribution in [0.25, 0.3) is 0 Å². The summed E-state index contributed by atoms with van der Waals surface area (Å²) in [5.74, 6) is 0.0539. The van der Waals surface area contributed by atoms with E-state index in [1.54, 1.807) is 36.4 Å². The minimum atomic E-state index is -0.611. The van der Waals surface area contributed by atoms with Crippen LogP contribution < -0.4 is 4.74 Å². The Morgan fingerprint density at radius 2 is 1.48 bits per heavy atom. The molecule has 27 heavy (non-hydrogen) atoms. The smallest absolute Gasteiger partial charge is 0.373 e. The second-order valence-electron chi connectivity index (χ2n) is 6.10. The fourth-order valence-electron chi connectivity index (χ4n) is 3.38. The maximum Gasteiger partial charge on any atom is 0.373 e. The van der Waals surface area contributed by atoms with Crippen LogP contribution in [-0.2, 0) is 9.78 Å². The lowest BCUT2D eigenvalue weighted by Gasteiger charge is -2.29. The van der Waals surface area contributed by atoms with Gasteiger partial charge < -0.3 is 14.9 Å². The average Bonchev–Trinajstić information content (AvgIpc) is 2.66. The monoisotopic (exact) mass is 364 g/mol. The number of carbonyl (C=O) groups excluding carboxylic acids is 1. The SMILES string of the molecule is COOC(=O)c1ccccc1C1c2ccc(O)cc2Oc2cc(O)ccc21. The average molecular weight is 364 g/mol. The van der Waals surface area contributed by atoms with Gasteiger partial charge in [-0.1, -0.05) is 30.3 Å². The van der Waals surface area contributed by atoms with Gasteiger partial charge in [-0.2, -0.15) is 4.89 Å². The van der Waals surface area contributed by atoms with Crippen molar-refractivity contribution in [3.05, 3.63) is 82.9 Å². The van der Waals surface area contributed by atoms with E-state index in [1.807, 2.05) is 12.1 Å². The maximum absolute atomic E-state index is 12.4. The summed E-state index contributed by atoms with van der Waals surface area (Å²) in [4.78, 5) is 21.6. The van der Waals surface area contributed by atoms with E-state index in [0.717, 1.165) is 11.1 Å². The van der Waals surface area contributed by atoms with Gasteiger partial charge >= 0.3 is 5.97 Å². The Labute approximate surface area is 155 Å². The van der Waals surface area contributed by atoms with E-state index < -0.39 is 5.97 Å². The van der Waals surface area contributed by atoms with Crippen molar-refractivity contribution in [2.24, 2.45) is 0 Å². The molecule has 0 amide bonds. The van der Waals surface area contributed by atoms with Gasteiger partial charge in [-0.3, -0.25) is 4.89 Å². The van der Waals surface area contributed by atoms with Crippen molar-refractivity contribution in [1.29, 1.82) is 0 Å². The number of aromatic hydroxyl groups is 2. The van der Waals surface area contributed by atoms with Crippen molar-refractivity contribution in [2.45, 2.75) is 5.92 Å². The highest BCUT2D eigenvalue weighted by molar-refractivity contribution is 5.91. The van der Waals surface area contributed by atoms with Crippen molar-refractivity contribution in [1.82, 2.24) is 0 Å². The largest absolute Gasteiger partial charge is 0.508 e. The molecule has 0 aliphatic carbocycles. The zero-order valence-electron chi connectivity index (χ0n) is 14.4. The predicted octanol–water partition coefficient (Wildman–Crippen LogP) is 4.10. The molecule has 0 unspecified atom stereocenters. The summed E-state index contributed by atoms with van der Waals surface area (Å²) in [5, 5.41) is 19.7. The molecule has 0 aromatic heterocycles. The summed E-state index contributed by atoms with van der Waals surface area (Å²) in [5.41, 5.74) is 2.61. The first kappa shape index (κ1) is 16.9. The molecule has 0 saturated carbocycles. The molecule has 0 atom stereocenters. The van der Waals surface area contributed by atoms with Gasteiger partial charge in [0, 0.05) is 29.2 Å². The van der Waals surface area contributed by atoms with E-state index in [9.17, 15) is 15.0 Å². The van der Waals surface area contributed by atoms with Crippen molar-refractivity contribution in [2.75, 3.05) is 7.11 Å². The quantitative estimate of drug-likeness (QED) is 0.420. The number of fused-ring (bicyclic) bond motifs is 2. The molecule has 0 spiro atoms. The minimum Gasteiger partial charge on any atom is -0.508 e. The second kappa shape index (κ2) is 6.66. The summed E-state index contributed by atoms with van der Waals surface area (Å²) in [6.07, 6.45) is 0. The summed E-state index contributed by atoms with van der Waals surface area (Å²) in [6.45, 7) is 0. The van der Waals surface area contributed by atoms with Gasteiger partial charge in [-0.05, 0) is 23.8 Å². The molecule has 136 valence electrons. The molecule has 0 radical (unpaired) electrons. The standard InChI is InChI=1S/C21H16O6/c1-25-27-21(24)15-5-3-2-4-14(15)20-16-8-6-12(22)10-18(16)26-19-11-13(23)7-9-17(19)20/h2-11,20,22-23H,1H3. The minimum absolute atomic E-state index is 0.0585. The Bertz CT molecular complexity index is 975. The van der Waals surface area contributed by atoms with Gasteiger partial charge in [0.1, 0.15) is 23.0 Å². The fourth-order valence-corrected chi connectivity index (χ4v) is 3.38. The van der Waals surface area contributed by atoms with Crippen LogP contribution in [0.5, 0.6) is 23.0 Å². The first-order valence-electron chi connectivity index (χ1n) is 8.26. The molecule has 6 nitrogen and oxygen atoms in total. The van der Waals surface area contributed by atoms with Gasteiger partial charge in [0.25, 0.3) is 0 Å². The van der Waals surface area contributed by atoms with E-state index in [2.05, 4.69) is 4.89 Å². The molecule has 6 heteroatoms. The highest BCUT2D eigenvalue weighted by Crippen LogP contribution is 2.49. The highest BCUT2D eigenvalue weighted by Gasteiger charge is 2.32. The number of hydrogen-bond acceptors (Lipinski definition) is 6. The van der Waals surface area contributed by atoms with Gasteiger partial charge in [-0.25, -0.2) is 4.79 Å². The Hall–Kier alpha value is -3.51. The summed E-state index contributed by atoms with van der Waals surface area (Å²) >= 11 is 0. The number of phenols is 2. The summed E-state index contributed by atoms with van der Waals surface area (Å²) in [6, 6.07) is 16.7. The van der Waals surface area contributed by atoms with Crippen LogP contribution in [0.1, 0.15) is 33.0 Å². The number of benzene rings is 3. The van der Waals surface area contributed by atoms with Crippen LogP contribution in [-0.4, -0.2) is 23.3 Å². The lowest BCUT2D eigenvalue weighted by atomic mass is 9.80. The second-order valence-corrected chi connectivity index (χ2v) is 6.10. The zero-order valence-corrected chi connectivity index (χ0v) is 14.4. The molecule has 0 bridgehead atoms. The van der Waals surface area contributed by atoms with Gasteiger partial charge in [0.05, 0.1) is 12.7 Å². The topological polar surface area (TPSA) is 85.2 Å². The van der Waals surface area contributed by atoms with E-state index in [1.165, 1.54) is 19.2 Å². The lowest BCUT2D eigenvalue weighted by molar-refractivity contribution is -0.216. The van der Waals surface area contributed by atoms with Crippen molar-refractivity contribution in [3.63, 3.8) is 0 Å². The van der Waals surface area contributed by atoms with E-state index >= 15 is 0 Å². The predicted molar refractivity (Wildman–Crippen MR) is 96.1 cm³/mol. The van der Waals surface area contributed by atoms with Gasteiger partial charge in [0.2, 0.25) is 0 Å². The molecule has 2 N–H and O–H groups in total. The van der Waals surface area contributed by atoms with Gasteiger partial charge in [0.15, 0.2) is 0 Å². The number of rotatable bonds is 3. The van der Waals surface area contributed by atoms with Crippen LogP contribution >= 0.6 is 0 Å². The van der Waals surface area contributed by atoms with Crippen LogP contribution in [0.15, 0.2) is 60.7 Å². The molecule has 0 fully saturated rings. The molecule has 3 aromatic rings. The summed E-state index contributed by atoms with van der Waals surface area (Å²) in [7, 11) is 1.27.